The Hall–Kier alpha value is -2.21. The van der Waals surface area contributed by atoms with Gasteiger partial charge in [0, 0.05) is 12.1 Å². The quantitative estimate of drug-likeness (QED) is 0.740. The van der Waals surface area contributed by atoms with Gasteiger partial charge in [-0.1, -0.05) is 12.1 Å². The number of aromatic amines is 1. The highest BCUT2D eigenvalue weighted by atomic mass is 32.1. The summed E-state index contributed by atoms with van der Waals surface area (Å²) >= 11 is 5.26. The third kappa shape index (κ3) is 2.54. The monoisotopic (exact) mass is 306 g/mol. The van der Waals surface area contributed by atoms with Gasteiger partial charge in [-0.05, 0) is 29.9 Å². The Morgan fingerprint density at radius 3 is 2.76 bits per heavy atom. The summed E-state index contributed by atoms with van der Waals surface area (Å²) < 4.78 is 34.2. The lowest BCUT2D eigenvalue weighted by molar-refractivity contribution is 0.387. The lowest BCUT2D eigenvalue weighted by Gasteiger charge is -2.07. The maximum absolute atomic E-state index is 13.7. The molecule has 1 N–H and O–H groups in total. The summed E-state index contributed by atoms with van der Waals surface area (Å²) in [4.78, 5) is 2.94. The van der Waals surface area contributed by atoms with Gasteiger partial charge in [-0.3, -0.25) is 0 Å². The van der Waals surface area contributed by atoms with Gasteiger partial charge in [-0.2, -0.15) is 0 Å². The zero-order chi connectivity index (χ0) is 15.0. The summed E-state index contributed by atoms with van der Waals surface area (Å²) in [6.07, 6.45) is 0. The van der Waals surface area contributed by atoms with Crippen LogP contribution in [0.3, 0.4) is 0 Å². The zero-order valence-corrected chi connectivity index (χ0v) is 12.0. The van der Waals surface area contributed by atoms with Crippen LogP contribution in [0.4, 0.5) is 8.78 Å². The number of fused-ring (bicyclic) bond motifs is 1. The van der Waals surface area contributed by atoms with E-state index < -0.39 is 5.82 Å². The van der Waals surface area contributed by atoms with E-state index in [2.05, 4.69) is 4.98 Å². The number of imidazole rings is 1. The van der Waals surface area contributed by atoms with Crippen molar-refractivity contribution in [3.8, 4) is 5.75 Å². The fourth-order valence-electron chi connectivity index (χ4n) is 2.29. The van der Waals surface area contributed by atoms with E-state index in [1.807, 2.05) is 6.07 Å². The molecule has 0 fully saturated rings. The molecule has 0 aliphatic carbocycles. The van der Waals surface area contributed by atoms with E-state index >= 15 is 0 Å². The van der Waals surface area contributed by atoms with Gasteiger partial charge in [-0.25, -0.2) is 8.78 Å². The molecular weight excluding hydrogens is 294 g/mol. The Balaban J connectivity index is 2.13. The first kappa shape index (κ1) is 13.8. The van der Waals surface area contributed by atoms with Crippen molar-refractivity contribution in [2.75, 3.05) is 7.11 Å². The lowest BCUT2D eigenvalue weighted by atomic mass is 10.2. The average molecular weight is 306 g/mol. The summed E-state index contributed by atoms with van der Waals surface area (Å²) in [7, 11) is 1.41. The van der Waals surface area contributed by atoms with Crippen LogP contribution in [0, 0.1) is 16.4 Å². The number of benzene rings is 2. The molecular formula is C15H12F2N2OS. The third-order valence-electron chi connectivity index (χ3n) is 3.28. The minimum absolute atomic E-state index is 0.143. The molecule has 3 nitrogen and oxygen atoms in total. The van der Waals surface area contributed by atoms with Crippen LogP contribution in [0.5, 0.6) is 5.75 Å². The summed E-state index contributed by atoms with van der Waals surface area (Å²) in [5, 5.41) is 0. The van der Waals surface area contributed by atoms with Crippen molar-refractivity contribution in [2.24, 2.45) is 0 Å². The van der Waals surface area contributed by atoms with E-state index in [4.69, 9.17) is 17.0 Å². The first-order valence-electron chi connectivity index (χ1n) is 6.29. The third-order valence-corrected chi connectivity index (χ3v) is 3.60. The van der Waals surface area contributed by atoms with Crippen molar-refractivity contribution >= 4 is 23.3 Å². The summed E-state index contributed by atoms with van der Waals surface area (Å²) in [5.74, 6) is -0.619. The molecule has 1 heterocycles. The van der Waals surface area contributed by atoms with Crippen molar-refractivity contribution in [3.05, 3.63) is 58.4 Å². The Morgan fingerprint density at radius 1 is 1.24 bits per heavy atom. The summed E-state index contributed by atoms with van der Waals surface area (Å²) in [6, 6.07) is 9.20. The molecule has 0 radical (unpaired) electrons. The van der Waals surface area contributed by atoms with Crippen LogP contribution in [0.25, 0.3) is 11.0 Å². The average Bonchev–Trinajstić information content (AvgIpc) is 2.73. The molecule has 108 valence electrons. The number of hydrogen-bond donors (Lipinski definition) is 1. The smallest absolute Gasteiger partial charge is 0.178 e. The molecule has 3 rings (SSSR count). The van der Waals surface area contributed by atoms with Crippen molar-refractivity contribution < 1.29 is 13.5 Å². The normalized spacial score (nSPS) is 11.0. The first-order chi connectivity index (χ1) is 10.1. The zero-order valence-electron chi connectivity index (χ0n) is 11.2. The molecule has 6 heteroatoms. The van der Waals surface area contributed by atoms with Gasteiger partial charge in [-0.15, -0.1) is 0 Å². The van der Waals surface area contributed by atoms with Crippen LogP contribution in [0.1, 0.15) is 5.56 Å². The van der Waals surface area contributed by atoms with Gasteiger partial charge >= 0.3 is 0 Å². The van der Waals surface area contributed by atoms with E-state index in [9.17, 15) is 8.78 Å². The fourth-order valence-corrected chi connectivity index (χ4v) is 2.56. The fraction of sp³-hybridized carbons (Fsp3) is 0.133. The number of halogens is 2. The second-order valence-electron chi connectivity index (χ2n) is 4.65. The van der Waals surface area contributed by atoms with E-state index in [1.165, 1.54) is 25.3 Å². The van der Waals surface area contributed by atoms with Crippen LogP contribution in [0.15, 0.2) is 36.4 Å². The van der Waals surface area contributed by atoms with E-state index in [1.54, 1.807) is 16.7 Å². The van der Waals surface area contributed by atoms with Crippen molar-refractivity contribution in [1.29, 1.82) is 0 Å². The molecule has 0 aliphatic heterocycles. The SMILES string of the molecule is COc1cc2c(cc1F)[nH]c(=S)n2Cc1cccc(F)c1. The highest BCUT2D eigenvalue weighted by Gasteiger charge is 2.11. The predicted octanol–water partition coefficient (Wildman–Crippen LogP) is 4.03. The van der Waals surface area contributed by atoms with Crippen LogP contribution in [-0.2, 0) is 6.54 Å². The molecule has 0 saturated carbocycles. The van der Waals surface area contributed by atoms with Gasteiger partial charge in [0.1, 0.15) is 5.82 Å². The van der Waals surface area contributed by atoms with Crippen molar-refractivity contribution in [3.63, 3.8) is 0 Å². The molecule has 2 aromatic carbocycles. The number of rotatable bonds is 3. The molecule has 0 amide bonds. The van der Waals surface area contributed by atoms with Crippen molar-refractivity contribution in [2.45, 2.75) is 6.54 Å². The van der Waals surface area contributed by atoms with Crippen molar-refractivity contribution in [1.82, 2.24) is 9.55 Å². The Labute approximate surface area is 124 Å². The number of hydrogen-bond acceptors (Lipinski definition) is 2. The van der Waals surface area contributed by atoms with E-state index in [0.717, 1.165) is 5.56 Å². The second-order valence-corrected chi connectivity index (χ2v) is 5.04. The number of aromatic nitrogens is 2. The minimum atomic E-state index is -0.459. The number of methoxy groups -OCH3 is 1. The van der Waals surface area contributed by atoms with Crippen LogP contribution in [0.2, 0.25) is 0 Å². The molecule has 0 spiro atoms. The topological polar surface area (TPSA) is 29.9 Å². The Bertz CT molecular complexity index is 870. The number of nitrogens with one attached hydrogen (secondary N) is 1. The van der Waals surface area contributed by atoms with Gasteiger partial charge in [0.05, 0.1) is 24.7 Å². The number of ether oxygens (including phenoxy) is 1. The summed E-state index contributed by atoms with van der Waals surface area (Å²) in [6.45, 7) is 0.394. The number of nitrogens with zero attached hydrogens (tertiary/aromatic N) is 1. The summed E-state index contributed by atoms with van der Waals surface area (Å²) in [5.41, 5.74) is 2.06. The maximum Gasteiger partial charge on any atom is 0.178 e. The minimum Gasteiger partial charge on any atom is -0.494 e. The second kappa shape index (κ2) is 5.29. The molecule has 0 bridgehead atoms. The molecule has 21 heavy (non-hydrogen) atoms. The largest absolute Gasteiger partial charge is 0.494 e. The number of H-pyrrole nitrogens is 1. The van der Waals surface area contributed by atoms with E-state index in [0.29, 0.717) is 22.3 Å². The van der Waals surface area contributed by atoms with Gasteiger partial charge in [0.2, 0.25) is 0 Å². The first-order valence-corrected chi connectivity index (χ1v) is 6.70. The van der Waals surface area contributed by atoms with E-state index in [-0.39, 0.29) is 11.6 Å². The van der Waals surface area contributed by atoms with Crippen LogP contribution < -0.4 is 4.74 Å². The molecule has 0 unspecified atom stereocenters. The standard InChI is InChI=1S/C15H12F2N2OS/c1-20-14-7-13-12(6-11(14)17)18-15(21)19(13)8-9-3-2-4-10(16)5-9/h2-7H,8H2,1H3,(H,18,21). The Morgan fingerprint density at radius 2 is 2.05 bits per heavy atom. The van der Waals surface area contributed by atoms with Crippen LogP contribution in [-0.4, -0.2) is 16.7 Å². The Kier molecular flexibility index (Phi) is 3.47. The highest BCUT2D eigenvalue weighted by Crippen LogP contribution is 2.25. The molecule has 3 aromatic rings. The molecule has 0 atom stereocenters. The highest BCUT2D eigenvalue weighted by molar-refractivity contribution is 7.71. The van der Waals surface area contributed by atoms with Gasteiger partial charge in [0.25, 0.3) is 0 Å². The van der Waals surface area contributed by atoms with Gasteiger partial charge < -0.3 is 14.3 Å². The van der Waals surface area contributed by atoms with Gasteiger partial charge in [0.15, 0.2) is 16.3 Å². The molecule has 0 saturated heterocycles. The molecule has 1 aromatic heterocycles. The molecule has 0 aliphatic rings. The lowest BCUT2D eigenvalue weighted by Crippen LogP contribution is -2.00. The van der Waals surface area contributed by atoms with Crippen LogP contribution >= 0.6 is 12.2 Å². The predicted molar refractivity (Wildman–Crippen MR) is 79.1 cm³/mol. The maximum atomic E-state index is 13.7.